The van der Waals surface area contributed by atoms with Crippen molar-refractivity contribution in [3.63, 3.8) is 0 Å². The first kappa shape index (κ1) is 15.0. The standard InChI is InChI=1S/C14H10F4N2O/c15-10-12(11(16)14(18)20-13(10)17)19-6-5-8-3-1-2-4-9(8)7-21/h1-4,7H,5-6H2,(H,19,20). The van der Waals surface area contributed by atoms with E-state index in [1.807, 2.05) is 0 Å². The lowest BCUT2D eigenvalue weighted by atomic mass is 10.1. The van der Waals surface area contributed by atoms with Gasteiger partial charge in [-0.05, 0) is 12.0 Å². The highest BCUT2D eigenvalue weighted by molar-refractivity contribution is 5.77. The van der Waals surface area contributed by atoms with Gasteiger partial charge in [-0.3, -0.25) is 4.79 Å². The minimum atomic E-state index is -1.72. The molecule has 1 heterocycles. The van der Waals surface area contributed by atoms with Gasteiger partial charge in [0.05, 0.1) is 0 Å². The highest BCUT2D eigenvalue weighted by Crippen LogP contribution is 2.22. The Bertz CT molecular complexity index is 650. The quantitative estimate of drug-likeness (QED) is 0.524. The van der Waals surface area contributed by atoms with Gasteiger partial charge in [0.2, 0.25) is 11.6 Å². The number of benzene rings is 1. The molecule has 0 aliphatic rings. The van der Waals surface area contributed by atoms with Crippen LogP contribution in [-0.2, 0) is 6.42 Å². The monoisotopic (exact) mass is 298 g/mol. The van der Waals surface area contributed by atoms with Gasteiger partial charge >= 0.3 is 0 Å². The summed E-state index contributed by atoms with van der Waals surface area (Å²) in [6, 6.07) is 6.64. The lowest BCUT2D eigenvalue weighted by Gasteiger charge is -2.10. The van der Waals surface area contributed by atoms with E-state index < -0.39 is 29.2 Å². The van der Waals surface area contributed by atoms with E-state index in [4.69, 9.17) is 0 Å². The molecule has 0 spiro atoms. The maximum absolute atomic E-state index is 13.4. The van der Waals surface area contributed by atoms with Crippen LogP contribution in [0.5, 0.6) is 0 Å². The molecule has 1 aromatic carbocycles. The summed E-state index contributed by atoms with van der Waals surface area (Å²) in [5, 5.41) is 2.28. The van der Waals surface area contributed by atoms with Crippen LogP contribution < -0.4 is 5.32 Å². The van der Waals surface area contributed by atoms with Crippen LogP contribution >= 0.6 is 0 Å². The van der Waals surface area contributed by atoms with Crippen LogP contribution in [-0.4, -0.2) is 17.8 Å². The molecule has 0 radical (unpaired) electrons. The highest BCUT2D eigenvalue weighted by atomic mass is 19.2. The number of aldehydes is 1. The summed E-state index contributed by atoms with van der Waals surface area (Å²) in [5.74, 6) is -6.61. The Labute approximate surface area is 117 Å². The molecule has 0 amide bonds. The summed E-state index contributed by atoms with van der Waals surface area (Å²) in [6.45, 7) is -0.0123. The van der Waals surface area contributed by atoms with Gasteiger partial charge in [0.15, 0.2) is 0 Å². The van der Waals surface area contributed by atoms with E-state index in [1.54, 1.807) is 24.3 Å². The number of rotatable bonds is 5. The van der Waals surface area contributed by atoms with Crippen molar-refractivity contribution in [2.24, 2.45) is 0 Å². The molecule has 21 heavy (non-hydrogen) atoms. The summed E-state index contributed by atoms with van der Waals surface area (Å²) in [6.07, 6.45) is 0.904. The molecule has 7 heteroatoms. The lowest BCUT2D eigenvalue weighted by Crippen LogP contribution is -2.12. The molecule has 1 N–H and O–H groups in total. The Morgan fingerprint density at radius 1 is 1.05 bits per heavy atom. The third-order valence-corrected chi connectivity index (χ3v) is 2.88. The minimum Gasteiger partial charge on any atom is -0.380 e. The van der Waals surface area contributed by atoms with Crippen molar-refractivity contribution >= 4 is 12.0 Å². The largest absolute Gasteiger partial charge is 0.380 e. The zero-order chi connectivity index (χ0) is 15.4. The Morgan fingerprint density at radius 2 is 1.67 bits per heavy atom. The van der Waals surface area contributed by atoms with Crippen molar-refractivity contribution < 1.29 is 22.4 Å². The molecule has 0 saturated heterocycles. The normalized spacial score (nSPS) is 10.5. The van der Waals surface area contributed by atoms with Crippen LogP contribution in [0.25, 0.3) is 0 Å². The Kier molecular flexibility index (Phi) is 4.52. The number of hydrogen-bond donors (Lipinski definition) is 1. The average Bonchev–Trinajstić information content (AvgIpc) is 2.49. The molecule has 0 atom stereocenters. The molecule has 2 rings (SSSR count). The van der Waals surface area contributed by atoms with Crippen molar-refractivity contribution in [2.45, 2.75) is 6.42 Å². The summed E-state index contributed by atoms with van der Waals surface area (Å²) < 4.78 is 52.5. The van der Waals surface area contributed by atoms with Gasteiger partial charge in [-0.15, -0.1) is 0 Å². The van der Waals surface area contributed by atoms with E-state index in [0.29, 0.717) is 17.4 Å². The molecule has 110 valence electrons. The van der Waals surface area contributed by atoms with Crippen molar-refractivity contribution in [1.82, 2.24) is 4.98 Å². The number of halogens is 4. The molecular formula is C14H10F4N2O. The van der Waals surface area contributed by atoms with Crippen molar-refractivity contribution in [1.29, 1.82) is 0 Å². The summed E-state index contributed by atoms with van der Waals surface area (Å²) in [5.41, 5.74) is 0.173. The molecule has 0 fully saturated rings. The number of nitrogens with zero attached hydrogens (tertiary/aromatic N) is 1. The van der Waals surface area contributed by atoms with Gasteiger partial charge in [-0.25, -0.2) is 0 Å². The molecule has 0 bridgehead atoms. The van der Waals surface area contributed by atoms with Crippen molar-refractivity contribution in [2.75, 3.05) is 11.9 Å². The molecule has 0 aliphatic carbocycles. The first-order valence-corrected chi connectivity index (χ1v) is 6.01. The molecular weight excluding hydrogens is 288 g/mol. The van der Waals surface area contributed by atoms with E-state index >= 15 is 0 Å². The number of aromatic nitrogens is 1. The molecule has 2 aromatic rings. The molecule has 0 aliphatic heterocycles. The molecule has 1 aromatic heterocycles. The van der Waals surface area contributed by atoms with E-state index in [0.717, 1.165) is 0 Å². The third-order valence-electron chi connectivity index (χ3n) is 2.88. The van der Waals surface area contributed by atoms with Crippen LogP contribution in [0.2, 0.25) is 0 Å². The zero-order valence-corrected chi connectivity index (χ0v) is 10.7. The second-order valence-electron chi connectivity index (χ2n) is 4.19. The minimum absolute atomic E-state index is 0.0123. The summed E-state index contributed by atoms with van der Waals surface area (Å²) in [7, 11) is 0. The molecule has 0 unspecified atom stereocenters. The third kappa shape index (κ3) is 3.18. The van der Waals surface area contributed by atoms with Gasteiger partial charge in [-0.2, -0.15) is 22.5 Å². The topological polar surface area (TPSA) is 42.0 Å². The molecule has 3 nitrogen and oxygen atoms in total. The predicted octanol–water partition coefficient (Wildman–Crippen LogP) is 3.11. The first-order chi connectivity index (χ1) is 10.0. The fraction of sp³-hybridized carbons (Fsp3) is 0.143. The Morgan fingerprint density at radius 3 is 2.29 bits per heavy atom. The zero-order valence-electron chi connectivity index (χ0n) is 10.7. The van der Waals surface area contributed by atoms with E-state index in [-0.39, 0.29) is 13.0 Å². The van der Waals surface area contributed by atoms with E-state index in [1.165, 1.54) is 0 Å². The Balaban J connectivity index is 2.12. The fourth-order valence-electron chi connectivity index (χ4n) is 1.84. The van der Waals surface area contributed by atoms with Crippen LogP contribution in [0, 0.1) is 23.5 Å². The number of nitrogens with one attached hydrogen (secondary N) is 1. The number of pyridine rings is 1. The number of anilines is 1. The first-order valence-electron chi connectivity index (χ1n) is 6.01. The smallest absolute Gasteiger partial charge is 0.253 e. The average molecular weight is 298 g/mol. The lowest BCUT2D eigenvalue weighted by molar-refractivity contribution is 0.112. The van der Waals surface area contributed by atoms with Gasteiger partial charge in [0.1, 0.15) is 12.0 Å². The number of carbonyl (C=O) groups excluding carboxylic acids is 1. The summed E-state index contributed by atoms with van der Waals surface area (Å²) in [4.78, 5) is 13.3. The van der Waals surface area contributed by atoms with Gasteiger partial charge < -0.3 is 5.32 Å². The van der Waals surface area contributed by atoms with Gasteiger partial charge in [0, 0.05) is 12.1 Å². The van der Waals surface area contributed by atoms with E-state index in [2.05, 4.69) is 10.3 Å². The van der Waals surface area contributed by atoms with Gasteiger partial charge in [-0.1, -0.05) is 24.3 Å². The predicted molar refractivity (Wildman–Crippen MR) is 68.1 cm³/mol. The highest BCUT2D eigenvalue weighted by Gasteiger charge is 2.20. The van der Waals surface area contributed by atoms with Crippen molar-refractivity contribution in [3.8, 4) is 0 Å². The number of carbonyl (C=O) groups is 1. The SMILES string of the molecule is O=Cc1ccccc1CCNc1c(F)c(F)nc(F)c1F. The van der Waals surface area contributed by atoms with Crippen LogP contribution in [0.4, 0.5) is 23.2 Å². The Hall–Kier alpha value is -2.44. The van der Waals surface area contributed by atoms with Gasteiger partial charge in [0.25, 0.3) is 11.9 Å². The maximum atomic E-state index is 13.4. The summed E-state index contributed by atoms with van der Waals surface area (Å²) >= 11 is 0. The van der Waals surface area contributed by atoms with E-state index in [9.17, 15) is 22.4 Å². The number of hydrogen-bond acceptors (Lipinski definition) is 3. The van der Waals surface area contributed by atoms with Crippen LogP contribution in [0.15, 0.2) is 24.3 Å². The van der Waals surface area contributed by atoms with Crippen molar-refractivity contribution in [3.05, 3.63) is 58.9 Å². The second-order valence-corrected chi connectivity index (χ2v) is 4.19. The maximum Gasteiger partial charge on any atom is 0.253 e. The molecule has 0 saturated carbocycles. The van der Waals surface area contributed by atoms with Crippen LogP contribution in [0.3, 0.4) is 0 Å². The second kappa shape index (κ2) is 6.34. The fourth-order valence-corrected chi connectivity index (χ4v) is 1.84. The van der Waals surface area contributed by atoms with Crippen LogP contribution in [0.1, 0.15) is 15.9 Å².